The van der Waals surface area contributed by atoms with Crippen molar-refractivity contribution in [2.24, 2.45) is 0 Å². The van der Waals surface area contributed by atoms with Gasteiger partial charge in [-0.1, -0.05) is 60.8 Å². The number of aromatic nitrogens is 3. The fraction of sp³-hybridized carbons (Fsp3) is 0.500. The van der Waals surface area contributed by atoms with Crippen molar-refractivity contribution in [2.75, 3.05) is 0 Å². The van der Waals surface area contributed by atoms with Crippen molar-refractivity contribution in [1.29, 1.82) is 0 Å². The van der Waals surface area contributed by atoms with Gasteiger partial charge in [-0.05, 0) is 38.0 Å². The molecule has 0 radical (unpaired) electrons. The number of unbranched alkanes of at least 4 members (excludes halogenated alkanes) is 2. The second kappa shape index (κ2) is 10.2. The van der Waals surface area contributed by atoms with Crippen molar-refractivity contribution in [3.63, 3.8) is 0 Å². The van der Waals surface area contributed by atoms with Crippen LogP contribution < -0.4 is 5.32 Å². The third kappa shape index (κ3) is 5.89. The first kappa shape index (κ1) is 21.1. The van der Waals surface area contributed by atoms with Crippen LogP contribution in [0.4, 0.5) is 0 Å². The summed E-state index contributed by atoms with van der Waals surface area (Å²) in [6.07, 6.45) is 5.12. The number of nitrogens with zero attached hydrogens (tertiary/aromatic N) is 3. The van der Waals surface area contributed by atoms with Gasteiger partial charge in [-0.25, -0.2) is 0 Å². The van der Waals surface area contributed by atoms with Crippen LogP contribution in [0.25, 0.3) is 0 Å². The summed E-state index contributed by atoms with van der Waals surface area (Å²) in [7, 11) is 0. The Morgan fingerprint density at radius 2 is 2.08 bits per heavy atom. The molecule has 0 fully saturated rings. The van der Waals surface area contributed by atoms with E-state index in [-0.39, 0.29) is 17.2 Å². The van der Waals surface area contributed by atoms with Crippen LogP contribution in [0.1, 0.15) is 51.6 Å². The fourth-order valence-corrected chi connectivity index (χ4v) is 3.93. The number of aryl methyl sites for hydroxylation is 1. The number of carbonyl (C=O) groups is 1. The Kier molecular flexibility index (Phi) is 8.25. The van der Waals surface area contributed by atoms with Gasteiger partial charge < -0.3 is 9.88 Å². The monoisotopic (exact) mass is 414 g/mol. The maximum atomic E-state index is 12.5. The second-order valence-electron chi connectivity index (χ2n) is 6.17. The van der Waals surface area contributed by atoms with Gasteiger partial charge in [0.15, 0.2) is 5.16 Å². The molecule has 1 amide bonds. The molecule has 5 nitrogen and oxygen atoms in total. The predicted molar refractivity (Wildman–Crippen MR) is 108 cm³/mol. The molecule has 2 atom stereocenters. The molecule has 0 aliphatic rings. The Morgan fingerprint density at radius 1 is 1.31 bits per heavy atom. The largest absolute Gasteiger partial charge is 0.349 e. The number of benzene rings is 1. The van der Waals surface area contributed by atoms with E-state index in [9.17, 15) is 4.79 Å². The zero-order valence-electron chi connectivity index (χ0n) is 15.2. The van der Waals surface area contributed by atoms with Crippen LogP contribution in [0.2, 0.25) is 10.0 Å². The highest BCUT2D eigenvalue weighted by Gasteiger charge is 2.21. The van der Waals surface area contributed by atoms with Crippen molar-refractivity contribution in [3.8, 4) is 0 Å². The van der Waals surface area contributed by atoms with Crippen LogP contribution in [0.3, 0.4) is 0 Å². The minimum atomic E-state index is -0.294. The molecular formula is C18H24Cl2N4OS. The molecular weight excluding hydrogens is 391 g/mol. The minimum Gasteiger partial charge on any atom is -0.349 e. The maximum absolute atomic E-state index is 12.5. The average molecular weight is 415 g/mol. The van der Waals surface area contributed by atoms with Crippen molar-refractivity contribution in [1.82, 2.24) is 20.1 Å². The van der Waals surface area contributed by atoms with E-state index in [2.05, 4.69) is 22.4 Å². The lowest BCUT2D eigenvalue weighted by atomic mass is 10.1. The first-order valence-corrected chi connectivity index (χ1v) is 10.4. The SMILES string of the molecule is CCCCCn1cnnc1S[C@H](C)C(=O)N[C@H](C)c1ccc(Cl)cc1Cl. The van der Waals surface area contributed by atoms with Crippen LogP contribution in [0.15, 0.2) is 29.7 Å². The fourth-order valence-electron chi connectivity index (χ4n) is 2.49. The molecule has 0 spiro atoms. The Morgan fingerprint density at radius 3 is 2.77 bits per heavy atom. The van der Waals surface area contributed by atoms with E-state index in [4.69, 9.17) is 23.2 Å². The Hall–Kier alpha value is -1.24. The topological polar surface area (TPSA) is 59.8 Å². The number of rotatable bonds is 9. The molecule has 0 aliphatic carbocycles. The van der Waals surface area contributed by atoms with E-state index in [1.165, 1.54) is 11.8 Å². The van der Waals surface area contributed by atoms with Crippen LogP contribution in [-0.4, -0.2) is 25.9 Å². The summed E-state index contributed by atoms with van der Waals surface area (Å²) in [4.78, 5) is 12.5. The molecule has 0 saturated heterocycles. The standard InChI is InChI=1S/C18H24Cl2N4OS/c1-4-5-6-9-24-11-21-23-18(24)26-13(3)17(25)22-12(2)15-8-7-14(19)10-16(15)20/h7-8,10-13H,4-6,9H2,1-3H3,(H,22,25)/t12-,13-/m1/s1. The summed E-state index contributed by atoms with van der Waals surface area (Å²) >= 11 is 13.6. The van der Waals surface area contributed by atoms with Crippen LogP contribution >= 0.6 is 35.0 Å². The lowest BCUT2D eigenvalue weighted by Crippen LogP contribution is -2.33. The van der Waals surface area contributed by atoms with E-state index in [1.54, 1.807) is 18.5 Å². The summed E-state index contributed by atoms with van der Waals surface area (Å²) in [6.45, 7) is 6.80. The number of amides is 1. The zero-order chi connectivity index (χ0) is 19.1. The van der Waals surface area contributed by atoms with Crippen molar-refractivity contribution in [3.05, 3.63) is 40.1 Å². The third-order valence-corrected chi connectivity index (χ3v) is 5.68. The Bertz CT molecular complexity index is 738. The molecule has 1 N–H and O–H groups in total. The molecule has 1 aromatic heterocycles. The van der Waals surface area contributed by atoms with Gasteiger partial charge >= 0.3 is 0 Å². The number of halogens is 2. The lowest BCUT2D eigenvalue weighted by Gasteiger charge is -2.18. The Balaban J connectivity index is 1.94. The number of thioether (sulfide) groups is 1. The highest BCUT2D eigenvalue weighted by atomic mass is 35.5. The number of nitrogens with one attached hydrogen (secondary N) is 1. The first-order chi connectivity index (χ1) is 12.4. The van der Waals surface area contributed by atoms with Crippen molar-refractivity contribution >= 4 is 40.9 Å². The van der Waals surface area contributed by atoms with Gasteiger partial charge in [-0.2, -0.15) is 0 Å². The molecule has 8 heteroatoms. The van der Waals surface area contributed by atoms with Crippen LogP contribution in [-0.2, 0) is 11.3 Å². The molecule has 1 aromatic carbocycles. The maximum Gasteiger partial charge on any atom is 0.233 e. The molecule has 2 rings (SSSR count). The summed E-state index contributed by atoms with van der Waals surface area (Å²) < 4.78 is 2.00. The van der Waals surface area contributed by atoms with Gasteiger partial charge in [0, 0.05) is 16.6 Å². The zero-order valence-corrected chi connectivity index (χ0v) is 17.5. The van der Waals surface area contributed by atoms with Crippen molar-refractivity contribution < 1.29 is 4.79 Å². The lowest BCUT2D eigenvalue weighted by molar-refractivity contribution is -0.120. The van der Waals surface area contributed by atoms with Gasteiger partial charge in [0.2, 0.25) is 5.91 Å². The highest BCUT2D eigenvalue weighted by molar-refractivity contribution is 8.00. The quantitative estimate of drug-likeness (QED) is 0.456. The summed E-state index contributed by atoms with van der Waals surface area (Å²) in [5, 5.41) is 12.7. The number of hydrogen-bond donors (Lipinski definition) is 1. The molecule has 2 aromatic rings. The van der Waals surface area contributed by atoms with E-state index >= 15 is 0 Å². The van der Waals surface area contributed by atoms with E-state index in [0.29, 0.717) is 10.0 Å². The normalized spacial score (nSPS) is 13.4. The van der Waals surface area contributed by atoms with Crippen LogP contribution in [0, 0.1) is 0 Å². The second-order valence-corrected chi connectivity index (χ2v) is 8.32. The third-order valence-electron chi connectivity index (χ3n) is 4.02. The van der Waals surface area contributed by atoms with E-state index in [0.717, 1.165) is 36.5 Å². The van der Waals surface area contributed by atoms with E-state index < -0.39 is 0 Å². The van der Waals surface area contributed by atoms with Gasteiger partial charge in [0.1, 0.15) is 6.33 Å². The van der Waals surface area contributed by atoms with Gasteiger partial charge in [-0.3, -0.25) is 4.79 Å². The molecule has 26 heavy (non-hydrogen) atoms. The Labute approximate surface area is 168 Å². The summed E-state index contributed by atoms with van der Waals surface area (Å²) in [5.74, 6) is -0.0726. The predicted octanol–water partition coefficient (Wildman–Crippen LogP) is 5.13. The van der Waals surface area contributed by atoms with Gasteiger partial charge in [0.25, 0.3) is 0 Å². The highest BCUT2D eigenvalue weighted by Crippen LogP contribution is 2.27. The number of hydrogen-bond acceptors (Lipinski definition) is 4. The smallest absolute Gasteiger partial charge is 0.233 e. The van der Waals surface area contributed by atoms with Crippen LogP contribution in [0.5, 0.6) is 0 Å². The molecule has 0 saturated carbocycles. The molecule has 0 aliphatic heterocycles. The first-order valence-electron chi connectivity index (χ1n) is 8.72. The van der Waals surface area contributed by atoms with Gasteiger partial charge in [0.05, 0.1) is 11.3 Å². The molecule has 0 bridgehead atoms. The number of carbonyl (C=O) groups excluding carboxylic acids is 1. The summed E-state index contributed by atoms with van der Waals surface area (Å²) in [6, 6.07) is 5.07. The van der Waals surface area contributed by atoms with Gasteiger partial charge in [-0.15, -0.1) is 10.2 Å². The van der Waals surface area contributed by atoms with Crippen molar-refractivity contribution in [2.45, 2.75) is 63.0 Å². The average Bonchev–Trinajstić information content (AvgIpc) is 3.02. The molecule has 142 valence electrons. The minimum absolute atomic E-state index is 0.0726. The summed E-state index contributed by atoms with van der Waals surface area (Å²) in [5.41, 5.74) is 0.837. The molecule has 1 heterocycles. The molecule has 0 unspecified atom stereocenters. The van der Waals surface area contributed by atoms with E-state index in [1.807, 2.05) is 24.5 Å².